The third kappa shape index (κ3) is 6.39. The largest absolute Gasteiger partial charge is 0.465 e. The number of carbonyl (C=O) groups is 2. The van der Waals surface area contributed by atoms with Gasteiger partial charge in [0, 0.05) is 6.92 Å². The Labute approximate surface area is 153 Å². The highest BCUT2D eigenvalue weighted by molar-refractivity contribution is 7.80. The average molecular weight is 399 g/mol. The first kappa shape index (κ1) is 19.8. The minimum atomic E-state index is -1.83. The number of ether oxygens (including phenoxy) is 1. The summed E-state index contributed by atoms with van der Waals surface area (Å²) < 4.78 is 2.85. The summed E-state index contributed by atoms with van der Waals surface area (Å²) in [6.07, 6.45) is -1.06. The summed E-state index contributed by atoms with van der Waals surface area (Å²) in [7, 11) is 1.27. The molecule has 0 radical (unpaired) electrons. The Kier molecular flexibility index (Phi) is 7.34. The molecule has 0 aliphatic carbocycles. The molecule has 0 unspecified atom stereocenters. The average Bonchev–Trinajstić information content (AvgIpc) is 2.45. The van der Waals surface area contributed by atoms with Gasteiger partial charge in [-0.05, 0) is 24.4 Å². The maximum Gasteiger partial charge on any atom is 0.339 e. The van der Waals surface area contributed by atoms with Crippen LogP contribution >= 0.6 is 47.0 Å². The quantitative estimate of drug-likeness (QED) is 0.313. The molecule has 1 rings (SSSR count). The summed E-state index contributed by atoms with van der Waals surface area (Å²) in [5.41, 5.74) is 0.687. The fraction of sp³-hybridized carbons (Fsp3) is 0.308. The van der Waals surface area contributed by atoms with Crippen molar-refractivity contribution in [2.75, 3.05) is 12.4 Å². The molecule has 0 saturated heterocycles. The molecular formula is C13H14Cl3N3O3S. The monoisotopic (exact) mass is 397 g/mol. The molecule has 0 bridgehead atoms. The predicted molar refractivity (Wildman–Crippen MR) is 95.0 cm³/mol. The molecule has 1 aromatic carbocycles. The van der Waals surface area contributed by atoms with Crippen molar-refractivity contribution in [1.82, 2.24) is 10.6 Å². The van der Waals surface area contributed by atoms with Crippen molar-refractivity contribution in [3.63, 3.8) is 0 Å². The molecule has 0 saturated carbocycles. The zero-order valence-electron chi connectivity index (χ0n) is 12.2. The Hall–Kier alpha value is -1.28. The number of hydrogen-bond acceptors (Lipinski definition) is 4. The molecule has 0 aliphatic heterocycles. The Balaban J connectivity index is 2.87. The first-order valence-electron chi connectivity index (χ1n) is 6.24. The molecule has 3 N–H and O–H groups in total. The number of halogens is 3. The number of carbonyl (C=O) groups excluding carboxylic acids is 2. The van der Waals surface area contributed by atoms with Crippen molar-refractivity contribution in [1.29, 1.82) is 0 Å². The van der Waals surface area contributed by atoms with Crippen LogP contribution in [0.25, 0.3) is 0 Å². The van der Waals surface area contributed by atoms with Crippen LogP contribution in [-0.4, -0.2) is 34.1 Å². The zero-order valence-corrected chi connectivity index (χ0v) is 15.2. The van der Waals surface area contributed by atoms with Crippen molar-refractivity contribution in [2.24, 2.45) is 0 Å². The van der Waals surface area contributed by atoms with E-state index in [2.05, 4.69) is 20.7 Å². The topological polar surface area (TPSA) is 79.5 Å². The van der Waals surface area contributed by atoms with Crippen molar-refractivity contribution < 1.29 is 14.3 Å². The fourth-order valence-corrected chi connectivity index (χ4v) is 2.13. The molecule has 23 heavy (non-hydrogen) atoms. The standard InChI is InChI=1S/C13H14Cl3N3O3S/c1-7(20)17-11(13(14,15)16)19-12(23)18-9-6-4-3-5-8(9)10(21)22-2/h3-6,11H,1-2H3,(H,17,20)(H2,18,19,23)/t11-/m0/s1. The van der Waals surface area contributed by atoms with Crippen LogP contribution in [-0.2, 0) is 9.53 Å². The number of nitrogens with one attached hydrogen (secondary N) is 3. The van der Waals surface area contributed by atoms with Crippen LogP contribution in [0.4, 0.5) is 5.69 Å². The van der Waals surface area contributed by atoms with E-state index in [4.69, 9.17) is 47.0 Å². The van der Waals surface area contributed by atoms with E-state index in [9.17, 15) is 9.59 Å². The number of alkyl halides is 3. The number of para-hydroxylation sites is 1. The molecule has 0 fully saturated rings. The maximum absolute atomic E-state index is 11.7. The van der Waals surface area contributed by atoms with Crippen LogP contribution in [0.1, 0.15) is 17.3 Å². The van der Waals surface area contributed by atoms with E-state index in [1.807, 2.05) is 0 Å². The summed E-state index contributed by atoms with van der Waals surface area (Å²) in [6, 6.07) is 6.58. The number of methoxy groups -OCH3 is 1. The van der Waals surface area contributed by atoms with Gasteiger partial charge >= 0.3 is 5.97 Å². The molecule has 6 nitrogen and oxygen atoms in total. The summed E-state index contributed by atoms with van der Waals surface area (Å²) in [5.74, 6) is -0.942. The lowest BCUT2D eigenvalue weighted by atomic mass is 10.2. The highest BCUT2D eigenvalue weighted by atomic mass is 35.6. The molecule has 0 heterocycles. The van der Waals surface area contributed by atoms with Gasteiger partial charge in [-0.3, -0.25) is 4.79 Å². The first-order chi connectivity index (χ1) is 10.6. The van der Waals surface area contributed by atoms with Crippen LogP contribution in [0.3, 0.4) is 0 Å². The zero-order chi connectivity index (χ0) is 17.6. The summed E-state index contributed by atoms with van der Waals surface area (Å²) in [4.78, 5) is 22.9. The van der Waals surface area contributed by atoms with Crippen molar-refractivity contribution >= 4 is 69.7 Å². The smallest absolute Gasteiger partial charge is 0.339 e. The SMILES string of the molecule is COC(=O)c1ccccc1NC(=S)N[C@H](NC(C)=O)C(Cl)(Cl)Cl. The molecular weight excluding hydrogens is 385 g/mol. The van der Waals surface area contributed by atoms with Gasteiger partial charge in [-0.2, -0.15) is 0 Å². The molecule has 0 aromatic heterocycles. The third-order valence-electron chi connectivity index (χ3n) is 2.53. The van der Waals surface area contributed by atoms with E-state index < -0.39 is 21.8 Å². The fourth-order valence-electron chi connectivity index (χ4n) is 1.57. The van der Waals surface area contributed by atoms with E-state index in [0.29, 0.717) is 5.69 Å². The van der Waals surface area contributed by atoms with Gasteiger partial charge in [0.2, 0.25) is 9.70 Å². The van der Waals surface area contributed by atoms with Gasteiger partial charge in [-0.15, -0.1) is 0 Å². The van der Waals surface area contributed by atoms with Gasteiger partial charge in [0.25, 0.3) is 0 Å². The van der Waals surface area contributed by atoms with E-state index in [1.54, 1.807) is 24.3 Å². The number of benzene rings is 1. The highest BCUT2D eigenvalue weighted by Crippen LogP contribution is 2.29. The van der Waals surface area contributed by atoms with Crippen molar-refractivity contribution in [3.05, 3.63) is 29.8 Å². The van der Waals surface area contributed by atoms with E-state index in [0.717, 1.165) is 0 Å². The van der Waals surface area contributed by atoms with Crippen molar-refractivity contribution in [2.45, 2.75) is 16.9 Å². The molecule has 1 atom stereocenters. The second kappa shape index (κ2) is 8.54. The molecule has 1 aromatic rings. The molecule has 1 amide bonds. The van der Waals surface area contributed by atoms with Gasteiger partial charge in [0.15, 0.2) is 5.11 Å². The summed E-state index contributed by atoms with van der Waals surface area (Å²) in [5, 5.41) is 7.92. The third-order valence-corrected chi connectivity index (χ3v) is 3.41. The Morgan fingerprint density at radius 1 is 1.22 bits per heavy atom. The van der Waals surface area contributed by atoms with Gasteiger partial charge in [0.05, 0.1) is 18.4 Å². The molecule has 0 aliphatic rings. The summed E-state index contributed by atoms with van der Waals surface area (Å²) >= 11 is 22.5. The predicted octanol–water partition coefficient (Wildman–Crippen LogP) is 2.59. The second-order valence-electron chi connectivity index (χ2n) is 4.31. The number of amides is 1. The highest BCUT2D eigenvalue weighted by Gasteiger charge is 2.34. The van der Waals surface area contributed by atoms with Gasteiger partial charge in [0.1, 0.15) is 6.17 Å². The lowest BCUT2D eigenvalue weighted by molar-refractivity contribution is -0.119. The van der Waals surface area contributed by atoms with Crippen LogP contribution in [0, 0.1) is 0 Å². The van der Waals surface area contributed by atoms with E-state index in [-0.39, 0.29) is 10.7 Å². The first-order valence-corrected chi connectivity index (χ1v) is 7.78. The number of rotatable bonds is 4. The Bertz CT molecular complexity index is 608. The van der Waals surface area contributed by atoms with Crippen LogP contribution in [0.2, 0.25) is 0 Å². The van der Waals surface area contributed by atoms with Crippen LogP contribution in [0.5, 0.6) is 0 Å². The van der Waals surface area contributed by atoms with Crippen LogP contribution < -0.4 is 16.0 Å². The minimum Gasteiger partial charge on any atom is -0.465 e. The van der Waals surface area contributed by atoms with Crippen LogP contribution in [0.15, 0.2) is 24.3 Å². The normalized spacial score (nSPS) is 12.0. The number of hydrogen-bond donors (Lipinski definition) is 3. The lowest BCUT2D eigenvalue weighted by Crippen LogP contribution is -2.55. The molecule has 0 spiro atoms. The number of anilines is 1. The Morgan fingerprint density at radius 3 is 2.35 bits per heavy atom. The number of thiocarbonyl (C=S) groups is 1. The Morgan fingerprint density at radius 2 is 1.83 bits per heavy atom. The minimum absolute atomic E-state index is 0.0476. The molecule has 10 heteroatoms. The van der Waals surface area contributed by atoms with E-state index in [1.165, 1.54) is 14.0 Å². The van der Waals surface area contributed by atoms with Gasteiger partial charge < -0.3 is 20.7 Å². The van der Waals surface area contributed by atoms with Gasteiger partial charge in [-0.25, -0.2) is 4.79 Å². The second-order valence-corrected chi connectivity index (χ2v) is 7.09. The van der Waals surface area contributed by atoms with Crippen molar-refractivity contribution in [3.8, 4) is 0 Å². The lowest BCUT2D eigenvalue weighted by Gasteiger charge is -2.27. The maximum atomic E-state index is 11.7. The van der Waals surface area contributed by atoms with Gasteiger partial charge in [-0.1, -0.05) is 46.9 Å². The van der Waals surface area contributed by atoms with E-state index >= 15 is 0 Å². The summed E-state index contributed by atoms with van der Waals surface area (Å²) in [6.45, 7) is 1.27. The molecule has 126 valence electrons. The number of esters is 1.